The molecule has 0 aliphatic heterocycles. The number of para-hydroxylation sites is 1. The van der Waals surface area contributed by atoms with Crippen LogP contribution in [0.25, 0.3) is 16.3 Å². The molecule has 0 aliphatic rings. The van der Waals surface area contributed by atoms with Crippen LogP contribution in [-0.4, -0.2) is 28.8 Å². The molecule has 1 aromatic carbocycles. The van der Waals surface area contributed by atoms with Gasteiger partial charge in [-0.1, -0.05) is 12.1 Å². The number of nitrogens with zero attached hydrogens (tertiary/aromatic N) is 2. The molecule has 0 amide bonds. The molecule has 27 heavy (non-hydrogen) atoms. The van der Waals surface area contributed by atoms with Crippen molar-refractivity contribution in [3.05, 3.63) is 74.3 Å². The third kappa shape index (κ3) is 3.61. The number of hydrogen-bond donors (Lipinski definition) is 0. The Morgan fingerprint density at radius 2 is 2.04 bits per heavy atom. The number of carbonyl (C=O) groups excluding carboxylic acids is 2. The molecule has 3 aromatic rings. The monoisotopic (exact) mass is 382 g/mol. The highest BCUT2D eigenvalue weighted by Crippen LogP contribution is 2.30. The van der Waals surface area contributed by atoms with Crippen LogP contribution >= 0.6 is 11.3 Å². The van der Waals surface area contributed by atoms with E-state index in [4.69, 9.17) is 4.74 Å². The third-order valence-electron chi connectivity index (χ3n) is 4.00. The van der Waals surface area contributed by atoms with Crippen LogP contribution in [0.1, 0.15) is 31.2 Å². The van der Waals surface area contributed by atoms with Gasteiger partial charge in [-0.25, -0.2) is 9.78 Å². The number of hydrogen-bond acceptors (Lipinski definition) is 7. The van der Waals surface area contributed by atoms with E-state index in [1.807, 2.05) is 0 Å². The lowest BCUT2D eigenvalue weighted by Crippen LogP contribution is -1.99. The normalized spacial score (nSPS) is 11.0. The van der Waals surface area contributed by atoms with Gasteiger partial charge in [0.05, 0.1) is 17.6 Å². The van der Waals surface area contributed by atoms with E-state index in [2.05, 4.69) is 4.98 Å². The number of nitro groups is 1. The first-order chi connectivity index (χ1) is 12.9. The standard InChI is InChI=1S/C19H14N2O5S/c1-11-14-9-13(10-20-18(14)27-17(11)19(23)26-2)16(22)8-7-12-5-3-4-6-15(12)21(24)25/h3-10H,1-2H3/b8-7+. The summed E-state index contributed by atoms with van der Waals surface area (Å²) in [5.41, 5.74) is 1.29. The largest absolute Gasteiger partial charge is 0.465 e. The number of pyridine rings is 1. The van der Waals surface area contributed by atoms with Crippen molar-refractivity contribution in [2.75, 3.05) is 7.11 Å². The molecule has 136 valence electrons. The number of esters is 1. The fraction of sp³-hybridized carbons (Fsp3) is 0.105. The summed E-state index contributed by atoms with van der Waals surface area (Å²) in [7, 11) is 1.31. The fourth-order valence-corrected chi connectivity index (χ4v) is 3.63. The molecule has 7 nitrogen and oxygen atoms in total. The van der Waals surface area contributed by atoms with Crippen LogP contribution in [0.15, 0.2) is 42.6 Å². The Kier molecular flexibility index (Phi) is 5.09. The Hall–Kier alpha value is -3.39. The minimum Gasteiger partial charge on any atom is -0.465 e. The first-order valence-electron chi connectivity index (χ1n) is 7.85. The van der Waals surface area contributed by atoms with Gasteiger partial charge >= 0.3 is 5.97 Å². The van der Waals surface area contributed by atoms with Crippen molar-refractivity contribution < 1.29 is 19.2 Å². The number of ketones is 1. The number of methoxy groups -OCH3 is 1. The average molecular weight is 382 g/mol. The van der Waals surface area contributed by atoms with Crippen LogP contribution in [0, 0.1) is 17.0 Å². The zero-order chi connectivity index (χ0) is 19.6. The van der Waals surface area contributed by atoms with E-state index in [9.17, 15) is 19.7 Å². The van der Waals surface area contributed by atoms with Crippen molar-refractivity contribution >= 4 is 45.1 Å². The van der Waals surface area contributed by atoms with Gasteiger partial charge in [0.2, 0.25) is 0 Å². The summed E-state index contributed by atoms with van der Waals surface area (Å²) in [6.45, 7) is 1.77. The molecule has 0 saturated heterocycles. The van der Waals surface area contributed by atoms with Gasteiger partial charge in [-0.3, -0.25) is 14.9 Å². The van der Waals surface area contributed by atoms with Crippen molar-refractivity contribution in [1.82, 2.24) is 4.98 Å². The van der Waals surface area contributed by atoms with E-state index >= 15 is 0 Å². The van der Waals surface area contributed by atoms with Crippen LogP contribution < -0.4 is 0 Å². The minimum atomic E-state index is -0.499. The topological polar surface area (TPSA) is 99.4 Å². The lowest BCUT2D eigenvalue weighted by molar-refractivity contribution is -0.385. The number of carbonyl (C=O) groups is 2. The lowest BCUT2D eigenvalue weighted by Gasteiger charge is -1.99. The van der Waals surface area contributed by atoms with E-state index in [1.165, 1.54) is 42.9 Å². The van der Waals surface area contributed by atoms with Gasteiger partial charge < -0.3 is 4.74 Å². The SMILES string of the molecule is COC(=O)c1sc2ncc(C(=O)/C=C/c3ccccc3[N+](=O)[O-])cc2c1C. The Morgan fingerprint density at radius 3 is 2.74 bits per heavy atom. The number of fused-ring (bicyclic) bond motifs is 1. The summed E-state index contributed by atoms with van der Waals surface area (Å²) in [6, 6.07) is 7.82. The highest BCUT2D eigenvalue weighted by atomic mass is 32.1. The minimum absolute atomic E-state index is 0.0773. The van der Waals surface area contributed by atoms with Crippen molar-refractivity contribution in [3.63, 3.8) is 0 Å². The first kappa shape index (κ1) is 18.4. The second-order valence-corrected chi connectivity index (χ2v) is 6.64. The summed E-state index contributed by atoms with van der Waals surface area (Å²) >= 11 is 1.20. The molecule has 0 bridgehead atoms. The van der Waals surface area contributed by atoms with Crippen LogP contribution in [0.3, 0.4) is 0 Å². The van der Waals surface area contributed by atoms with Crippen molar-refractivity contribution in [2.45, 2.75) is 6.92 Å². The highest BCUT2D eigenvalue weighted by Gasteiger charge is 2.18. The molecule has 8 heteroatoms. The molecular weight excluding hydrogens is 368 g/mol. The van der Waals surface area contributed by atoms with E-state index in [-0.39, 0.29) is 11.5 Å². The molecule has 0 N–H and O–H groups in total. The summed E-state index contributed by atoms with van der Waals surface area (Å²) in [6.07, 6.45) is 4.10. The number of benzene rings is 1. The Labute approximate surface area is 158 Å². The molecular formula is C19H14N2O5S. The van der Waals surface area contributed by atoms with Crippen molar-refractivity contribution in [2.24, 2.45) is 0 Å². The van der Waals surface area contributed by atoms with Gasteiger partial charge in [-0.2, -0.15) is 0 Å². The molecule has 0 atom stereocenters. The average Bonchev–Trinajstić information content (AvgIpc) is 3.01. The maximum Gasteiger partial charge on any atom is 0.348 e. The van der Waals surface area contributed by atoms with Gasteiger partial charge in [-0.05, 0) is 36.8 Å². The Balaban J connectivity index is 1.94. The van der Waals surface area contributed by atoms with E-state index < -0.39 is 10.9 Å². The quantitative estimate of drug-likeness (QED) is 0.216. The summed E-state index contributed by atoms with van der Waals surface area (Å²) in [5, 5.41) is 11.7. The molecule has 2 aromatic heterocycles. The molecule has 3 rings (SSSR count). The molecule has 0 unspecified atom stereocenters. The van der Waals surface area contributed by atoms with Gasteiger partial charge in [0.15, 0.2) is 5.78 Å². The zero-order valence-corrected chi connectivity index (χ0v) is 15.3. The van der Waals surface area contributed by atoms with Crippen LogP contribution in [0.4, 0.5) is 5.69 Å². The smallest absolute Gasteiger partial charge is 0.348 e. The number of thiophene rings is 1. The van der Waals surface area contributed by atoms with E-state index in [0.717, 1.165) is 0 Å². The predicted octanol–water partition coefficient (Wildman–Crippen LogP) is 4.20. The van der Waals surface area contributed by atoms with Gasteiger partial charge in [0.1, 0.15) is 9.71 Å². The number of aryl methyl sites for hydroxylation is 1. The molecule has 0 saturated carbocycles. The summed E-state index contributed by atoms with van der Waals surface area (Å²) in [5.74, 6) is -0.785. The maximum absolute atomic E-state index is 12.5. The predicted molar refractivity (Wildman–Crippen MR) is 102 cm³/mol. The summed E-state index contributed by atoms with van der Waals surface area (Å²) in [4.78, 5) is 40.1. The zero-order valence-electron chi connectivity index (χ0n) is 14.5. The van der Waals surface area contributed by atoms with Crippen molar-refractivity contribution in [3.8, 4) is 0 Å². The fourth-order valence-electron chi connectivity index (χ4n) is 2.58. The highest BCUT2D eigenvalue weighted by molar-refractivity contribution is 7.20. The number of rotatable bonds is 5. The number of nitro benzene ring substituents is 1. The van der Waals surface area contributed by atoms with E-state index in [1.54, 1.807) is 31.2 Å². The van der Waals surface area contributed by atoms with Crippen LogP contribution in [0.2, 0.25) is 0 Å². The first-order valence-corrected chi connectivity index (χ1v) is 8.67. The van der Waals surface area contributed by atoms with Crippen LogP contribution in [0.5, 0.6) is 0 Å². The second kappa shape index (κ2) is 7.46. The Bertz CT molecular complexity index is 1100. The molecule has 0 radical (unpaired) electrons. The lowest BCUT2D eigenvalue weighted by atomic mass is 10.1. The van der Waals surface area contributed by atoms with Gasteiger partial charge in [0, 0.05) is 23.2 Å². The number of aromatic nitrogens is 1. The third-order valence-corrected chi connectivity index (χ3v) is 5.19. The Morgan fingerprint density at radius 1 is 1.30 bits per heavy atom. The molecule has 0 aliphatic carbocycles. The van der Waals surface area contributed by atoms with E-state index in [0.29, 0.717) is 31.8 Å². The number of allylic oxidation sites excluding steroid dienone is 1. The maximum atomic E-state index is 12.5. The molecule has 2 heterocycles. The van der Waals surface area contributed by atoms with Gasteiger partial charge in [0.25, 0.3) is 5.69 Å². The number of ether oxygens (including phenoxy) is 1. The summed E-state index contributed by atoms with van der Waals surface area (Å²) < 4.78 is 4.75. The second-order valence-electron chi connectivity index (χ2n) is 5.64. The molecule has 0 fully saturated rings. The van der Waals surface area contributed by atoms with Crippen LogP contribution in [-0.2, 0) is 4.74 Å². The molecule has 0 spiro atoms. The van der Waals surface area contributed by atoms with Gasteiger partial charge in [-0.15, -0.1) is 11.3 Å². The van der Waals surface area contributed by atoms with Crippen molar-refractivity contribution in [1.29, 1.82) is 0 Å².